The molecule has 1 aliphatic heterocycles. The van der Waals surface area contributed by atoms with Crippen LogP contribution in [0.25, 0.3) is 0 Å². The monoisotopic (exact) mass is 208 g/mol. The Morgan fingerprint density at radius 1 is 1.60 bits per heavy atom. The predicted molar refractivity (Wildman–Crippen MR) is 58.5 cm³/mol. The van der Waals surface area contributed by atoms with Crippen LogP contribution in [0, 0.1) is 0 Å². The lowest BCUT2D eigenvalue weighted by Crippen LogP contribution is -2.46. The molecule has 2 heterocycles. The third kappa shape index (κ3) is 2.36. The van der Waals surface area contributed by atoms with Gasteiger partial charge in [0, 0.05) is 19.3 Å². The van der Waals surface area contributed by atoms with E-state index in [9.17, 15) is 5.11 Å². The van der Waals surface area contributed by atoms with Crippen molar-refractivity contribution in [3.05, 3.63) is 12.3 Å². The van der Waals surface area contributed by atoms with Gasteiger partial charge in [0.25, 0.3) is 0 Å². The summed E-state index contributed by atoms with van der Waals surface area (Å²) >= 11 is 0. The molecule has 1 aromatic rings. The molecule has 5 nitrogen and oxygen atoms in total. The van der Waals surface area contributed by atoms with Crippen molar-refractivity contribution in [3.63, 3.8) is 0 Å². The summed E-state index contributed by atoms with van der Waals surface area (Å²) in [5, 5.41) is 9.95. The van der Waals surface area contributed by atoms with Crippen LogP contribution in [0.2, 0.25) is 0 Å². The Morgan fingerprint density at radius 2 is 2.40 bits per heavy atom. The maximum absolute atomic E-state index is 9.95. The van der Waals surface area contributed by atoms with Crippen molar-refractivity contribution in [2.75, 3.05) is 23.7 Å². The average molecular weight is 208 g/mol. The number of aromatic nitrogens is 2. The molecule has 0 amide bonds. The number of piperidine rings is 1. The summed E-state index contributed by atoms with van der Waals surface area (Å²) in [5.74, 6) is 1.07. The lowest BCUT2D eigenvalue weighted by atomic mass is 9.95. The highest BCUT2D eigenvalue weighted by Crippen LogP contribution is 2.23. The van der Waals surface area contributed by atoms with Crippen LogP contribution in [0.15, 0.2) is 12.3 Å². The molecule has 1 unspecified atom stereocenters. The maximum atomic E-state index is 9.95. The summed E-state index contributed by atoms with van der Waals surface area (Å²) < 4.78 is 0. The Bertz CT molecular complexity index is 353. The highest BCUT2D eigenvalue weighted by Gasteiger charge is 2.29. The lowest BCUT2D eigenvalue weighted by molar-refractivity contribution is 0.0444. The van der Waals surface area contributed by atoms with Crippen LogP contribution in [0.5, 0.6) is 0 Å². The zero-order valence-corrected chi connectivity index (χ0v) is 8.85. The topological polar surface area (TPSA) is 75.3 Å². The van der Waals surface area contributed by atoms with E-state index in [0.717, 1.165) is 19.4 Å². The highest BCUT2D eigenvalue weighted by atomic mass is 16.3. The normalized spacial score (nSPS) is 26.7. The maximum Gasteiger partial charge on any atom is 0.227 e. The minimum Gasteiger partial charge on any atom is -0.388 e. The van der Waals surface area contributed by atoms with E-state index in [2.05, 4.69) is 9.97 Å². The Balaban J connectivity index is 2.17. The number of nitrogen functional groups attached to an aromatic ring is 1. The van der Waals surface area contributed by atoms with Crippen LogP contribution in [0.4, 0.5) is 11.8 Å². The quantitative estimate of drug-likeness (QED) is 0.699. The first kappa shape index (κ1) is 10.2. The first-order valence-corrected chi connectivity index (χ1v) is 5.13. The number of nitrogens with zero attached hydrogens (tertiary/aromatic N) is 3. The summed E-state index contributed by atoms with van der Waals surface area (Å²) in [7, 11) is 0. The largest absolute Gasteiger partial charge is 0.388 e. The van der Waals surface area contributed by atoms with Crippen LogP contribution < -0.4 is 10.6 Å². The molecule has 0 bridgehead atoms. The molecule has 5 heteroatoms. The van der Waals surface area contributed by atoms with Crippen LogP contribution in [0.3, 0.4) is 0 Å². The first-order valence-electron chi connectivity index (χ1n) is 5.13. The third-order valence-electron chi connectivity index (χ3n) is 2.62. The van der Waals surface area contributed by atoms with Gasteiger partial charge in [-0.1, -0.05) is 0 Å². The van der Waals surface area contributed by atoms with E-state index >= 15 is 0 Å². The minimum absolute atomic E-state index is 0.463. The Hall–Kier alpha value is -1.36. The molecule has 1 fully saturated rings. The summed E-state index contributed by atoms with van der Waals surface area (Å²) in [6.45, 7) is 3.28. The Labute approximate surface area is 88.9 Å². The summed E-state index contributed by atoms with van der Waals surface area (Å²) in [6.07, 6.45) is 3.41. The third-order valence-corrected chi connectivity index (χ3v) is 2.62. The van der Waals surface area contributed by atoms with Gasteiger partial charge in [-0.25, -0.2) is 4.98 Å². The van der Waals surface area contributed by atoms with Crippen molar-refractivity contribution in [3.8, 4) is 0 Å². The van der Waals surface area contributed by atoms with Gasteiger partial charge in [0.05, 0.1) is 5.60 Å². The lowest BCUT2D eigenvalue weighted by Gasteiger charge is -2.36. The number of β-amino-alcohol motifs (C(OH)–C–C–N with tert-alkyl or cyclic N) is 1. The zero-order chi connectivity index (χ0) is 10.9. The van der Waals surface area contributed by atoms with Gasteiger partial charge in [-0.2, -0.15) is 4.98 Å². The average Bonchev–Trinajstić information content (AvgIpc) is 2.16. The fourth-order valence-corrected chi connectivity index (χ4v) is 1.91. The van der Waals surface area contributed by atoms with E-state index in [1.807, 2.05) is 11.8 Å². The molecule has 1 aliphatic rings. The van der Waals surface area contributed by atoms with Crippen LogP contribution in [-0.2, 0) is 0 Å². The number of nitrogens with two attached hydrogens (primary N) is 1. The molecular formula is C10H16N4O. The second-order valence-corrected chi connectivity index (χ2v) is 4.30. The van der Waals surface area contributed by atoms with Crippen molar-refractivity contribution in [2.45, 2.75) is 25.4 Å². The molecule has 3 N–H and O–H groups in total. The van der Waals surface area contributed by atoms with E-state index < -0.39 is 5.60 Å². The number of anilines is 2. The molecule has 1 saturated heterocycles. The molecule has 2 rings (SSSR count). The van der Waals surface area contributed by atoms with Gasteiger partial charge in [0.1, 0.15) is 5.82 Å². The fraction of sp³-hybridized carbons (Fsp3) is 0.600. The molecule has 15 heavy (non-hydrogen) atoms. The highest BCUT2D eigenvalue weighted by molar-refractivity contribution is 5.38. The summed E-state index contributed by atoms with van der Waals surface area (Å²) in [5.41, 5.74) is 4.95. The molecule has 0 spiro atoms. The van der Waals surface area contributed by atoms with E-state index in [0.29, 0.717) is 18.3 Å². The predicted octanol–water partition coefficient (Wildman–Crippen LogP) is 0.410. The summed E-state index contributed by atoms with van der Waals surface area (Å²) in [4.78, 5) is 10.3. The van der Waals surface area contributed by atoms with Gasteiger partial charge < -0.3 is 15.7 Å². The zero-order valence-electron chi connectivity index (χ0n) is 8.85. The number of aliphatic hydroxyl groups is 1. The van der Waals surface area contributed by atoms with Crippen LogP contribution >= 0.6 is 0 Å². The molecule has 1 atom stereocenters. The van der Waals surface area contributed by atoms with Gasteiger partial charge in [0.2, 0.25) is 5.95 Å². The second kappa shape index (κ2) is 3.66. The molecule has 0 saturated carbocycles. The fourth-order valence-electron chi connectivity index (χ4n) is 1.91. The number of hydrogen-bond acceptors (Lipinski definition) is 5. The van der Waals surface area contributed by atoms with Gasteiger partial charge in [-0.3, -0.25) is 0 Å². The minimum atomic E-state index is -0.647. The van der Waals surface area contributed by atoms with Crippen LogP contribution in [0.1, 0.15) is 19.8 Å². The molecule has 82 valence electrons. The van der Waals surface area contributed by atoms with Crippen molar-refractivity contribution in [1.29, 1.82) is 0 Å². The molecular weight excluding hydrogens is 192 g/mol. The number of rotatable bonds is 1. The standard InChI is InChI=1S/C10H16N4O/c1-10(15)4-2-6-14(7-10)9-12-5-3-8(11)13-9/h3,5,15H,2,4,6-7H2,1H3,(H2,11,12,13). The van der Waals surface area contributed by atoms with E-state index in [-0.39, 0.29) is 0 Å². The summed E-state index contributed by atoms with van der Waals surface area (Å²) in [6, 6.07) is 1.66. The van der Waals surface area contributed by atoms with Gasteiger partial charge >= 0.3 is 0 Å². The smallest absolute Gasteiger partial charge is 0.227 e. The van der Waals surface area contributed by atoms with Crippen LogP contribution in [-0.4, -0.2) is 33.8 Å². The molecule has 0 radical (unpaired) electrons. The van der Waals surface area contributed by atoms with E-state index in [4.69, 9.17) is 5.73 Å². The molecule has 0 aromatic carbocycles. The van der Waals surface area contributed by atoms with E-state index in [1.54, 1.807) is 12.3 Å². The SMILES string of the molecule is CC1(O)CCCN(c2nccc(N)n2)C1. The Morgan fingerprint density at radius 3 is 3.07 bits per heavy atom. The van der Waals surface area contributed by atoms with Crippen molar-refractivity contribution in [1.82, 2.24) is 9.97 Å². The molecule has 1 aromatic heterocycles. The van der Waals surface area contributed by atoms with Crippen molar-refractivity contribution in [2.24, 2.45) is 0 Å². The Kier molecular flexibility index (Phi) is 2.48. The second-order valence-electron chi connectivity index (χ2n) is 4.30. The van der Waals surface area contributed by atoms with E-state index in [1.165, 1.54) is 0 Å². The molecule has 0 aliphatic carbocycles. The van der Waals surface area contributed by atoms with Gasteiger partial charge in [0.15, 0.2) is 0 Å². The van der Waals surface area contributed by atoms with Gasteiger partial charge in [-0.15, -0.1) is 0 Å². The van der Waals surface area contributed by atoms with Crippen molar-refractivity contribution < 1.29 is 5.11 Å². The van der Waals surface area contributed by atoms with Gasteiger partial charge in [-0.05, 0) is 25.8 Å². The first-order chi connectivity index (χ1) is 7.07. The number of hydrogen-bond donors (Lipinski definition) is 2. The van der Waals surface area contributed by atoms with Crippen molar-refractivity contribution >= 4 is 11.8 Å².